The first-order chi connectivity index (χ1) is 17.2. The molecule has 0 aliphatic rings. The average molecular weight is 543 g/mol. The van der Waals surface area contributed by atoms with E-state index in [4.69, 9.17) is 39.8 Å². The number of nitrogens with one attached hydrogen (secondary N) is 1. The maximum absolute atomic E-state index is 13.4. The summed E-state index contributed by atoms with van der Waals surface area (Å²) in [5, 5.41) is 5.26. The van der Waals surface area contributed by atoms with Gasteiger partial charge in [-0.05, 0) is 54.8 Å². The number of carbonyl (C=O) groups excluding carboxylic acids is 1. The Balaban J connectivity index is 2.12. The number of benzene rings is 2. The molecule has 5 nitrogen and oxygen atoms in total. The zero-order valence-electron chi connectivity index (χ0n) is 20.3. The molecule has 0 aliphatic heterocycles. The molecule has 2 aromatic carbocycles. The summed E-state index contributed by atoms with van der Waals surface area (Å²) in [6, 6.07) is 14.6. The van der Waals surface area contributed by atoms with Crippen LogP contribution in [0.4, 0.5) is 5.69 Å². The number of aryl methyl sites for hydroxylation is 1. The third-order valence-electron chi connectivity index (χ3n) is 6.04. The summed E-state index contributed by atoms with van der Waals surface area (Å²) in [4.78, 5) is 31.0. The zero-order valence-corrected chi connectivity index (χ0v) is 22.6. The molecule has 0 spiro atoms. The fourth-order valence-electron chi connectivity index (χ4n) is 4.30. The number of pyridine rings is 2. The maximum Gasteiger partial charge on any atom is 0.257 e. The van der Waals surface area contributed by atoms with Crippen LogP contribution in [0.1, 0.15) is 38.7 Å². The molecule has 0 bridgehead atoms. The molecule has 0 saturated heterocycles. The number of hydrogen-bond donors (Lipinski definition) is 1. The minimum Gasteiger partial charge on any atom is -0.325 e. The van der Waals surface area contributed by atoms with Crippen LogP contribution in [0, 0.1) is 0 Å². The number of fused-ring (bicyclic) bond motifs is 1. The van der Waals surface area contributed by atoms with E-state index in [0.717, 1.165) is 17.5 Å². The molecule has 0 radical (unpaired) electrons. The molecule has 4 aromatic rings. The van der Waals surface area contributed by atoms with Crippen molar-refractivity contribution in [3.63, 3.8) is 0 Å². The number of carbonyl (C=O) groups is 1. The average Bonchev–Trinajstić information content (AvgIpc) is 2.85. The van der Waals surface area contributed by atoms with Crippen LogP contribution in [0.2, 0.25) is 15.1 Å². The van der Waals surface area contributed by atoms with Gasteiger partial charge in [0.05, 0.1) is 16.4 Å². The second-order valence-corrected chi connectivity index (χ2v) is 9.93. The van der Waals surface area contributed by atoms with Gasteiger partial charge in [0.25, 0.3) is 5.56 Å². The van der Waals surface area contributed by atoms with Crippen LogP contribution in [0.15, 0.2) is 53.3 Å². The molecule has 2 aromatic heterocycles. The highest BCUT2D eigenvalue weighted by atomic mass is 35.5. The van der Waals surface area contributed by atoms with E-state index in [1.807, 2.05) is 50.2 Å². The fraction of sp³-hybridized carbons (Fsp3) is 0.250. The Morgan fingerprint density at radius 1 is 0.944 bits per heavy atom. The van der Waals surface area contributed by atoms with Crippen molar-refractivity contribution in [2.24, 2.45) is 7.05 Å². The van der Waals surface area contributed by atoms with Crippen molar-refractivity contribution in [3.05, 3.63) is 79.5 Å². The molecule has 0 unspecified atom stereocenters. The molecule has 186 valence electrons. The molecule has 0 atom stereocenters. The van der Waals surface area contributed by atoms with Gasteiger partial charge in [0.1, 0.15) is 5.65 Å². The molecule has 0 fully saturated rings. The van der Waals surface area contributed by atoms with E-state index < -0.39 is 0 Å². The third-order valence-corrected chi connectivity index (χ3v) is 6.84. The zero-order chi connectivity index (χ0) is 26.0. The number of aromatic nitrogens is 2. The van der Waals surface area contributed by atoms with Gasteiger partial charge >= 0.3 is 0 Å². The molecule has 4 rings (SSSR count). The van der Waals surface area contributed by atoms with E-state index in [1.54, 1.807) is 19.2 Å². The van der Waals surface area contributed by atoms with Gasteiger partial charge in [-0.1, -0.05) is 67.2 Å². The summed E-state index contributed by atoms with van der Waals surface area (Å²) in [5.41, 5.74) is 4.27. The standard InChI is InChI=1S/C28H26Cl3N3O2/c1-4-6-20-26(32-24(35)7-5-2)22-15-21(16-8-10-17(29)11-9-16)25(33-27(22)34(3)28(20)36)19-13-12-18(30)14-23(19)31/h8-15H,4-7H2,1-3H3,(H,32,35). The minimum atomic E-state index is -0.184. The van der Waals surface area contributed by atoms with Crippen molar-refractivity contribution in [2.45, 2.75) is 39.5 Å². The number of anilines is 1. The SMILES string of the molecule is CCCC(=O)Nc1c(CCC)c(=O)n(C)c2nc(-c3ccc(Cl)cc3Cl)c(-c3ccc(Cl)cc3)cc12. The van der Waals surface area contributed by atoms with E-state index in [9.17, 15) is 9.59 Å². The quantitative estimate of drug-likeness (QED) is 0.258. The largest absolute Gasteiger partial charge is 0.325 e. The van der Waals surface area contributed by atoms with Gasteiger partial charge in [-0.3, -0.25) is 14.2 Å². The van der Waals surface area contributed by atoms with E-state index in [0.29, 0.717) is 67.9 Å². The van der Waals surface area contributed by atoms with Gasteiger partial charge in [-0.25, -0.2) is 4.98 Å². The summed E-state index contributed by atoms with van der Waals surface area (Å²) in [6.07, 6.45) is 2.35. The molecule has 0 aliphatic carbocycles. The lowest BCUT2D eigenvalue weighted by atomic mass is 9.96. The Kier molecular flexibility index (Phi) is 8.04. The predicted octanol–water partition coefficient (Wildman–Crippen LogP) is 7.92. The van der Waals surface area contributed by atoms with Crippen LogP contribution in [0.5, 0.6) is 0 Å². The second kappa shape index (κ2) is 11.0. The molecule has 8 heteroatoms. The van der Waals surface area contributed by atoms with E-state index in [-0.39, 0.29) is 11.5 Å². The highest BCUT2D eigenvalue weighted by molar-refractivity contribution is 6.36. The van der Waals surface area contributed by atoms with Gasteiger partial charge in [0.2, 0.25) is 5.91 Å². The fourth-order valence-corrected chi connectivity index (χ4v) is 4.93. The topological polar surface area (TPSA) is 64.0 Å². The van der Waals surface area contributed by atoms with Crippen molar-refractivity contribution >= 4 is 57.4 Å². The molecule has 1 amide bonds. The van der Waals surface area contributed by atoms with Crippen LogP contribution < -0.4 is 10.9 Å². The van der Waals surface area contributed by atoms with Gasteiger partial charge in [0, 0.05) is 45.6 Å². The lowest BCUT2D eigenvalue weighted by Crippen LogP contribution is -2.26. The van der Waals surface area contributed by atoms with Crippen LogP contribution >= 0.6 is 34.8 Å². The van der Waals surface area contributed by atoms with Gasteiger partial charge in [-0.2, -0.15) is 0 Å². The number of halogens is 3. The van der Waals surface area contributed by atoms with Gasteiger partial charge in [-0.15, -0.1) is 0 Å². The van der Waals surface area contributed by atoms with Crippen molar-refractivity contribution in [2.75, 3.05) is 5.32 Å². The van der Waals surface area contributed by atoms with Crippen molar-refractivity contribution in [1.29, 1.82) is 0 Å². The van der Waals surface area contributed by atoms with Crippen LogP contribution in [0.25, 0.3) is 33.4 Å². The summed E-state index contributed by atoms with van der Waals surface area (Å²) in [7, 11) is 1.70. The Morgan fingerprint density at radius 3 is 2.28 bits per heavy atom. The Hall–Kier alpha value is -2.86. The highest BCUT2D eigenvalue weighted by Gasteiger charge is 2.22. The van der Waals surface area contributed by atoms with Crippen LogP contribution in [-0.4, -0.2) is 15.5 Å². The first-order valence-electron chi connectivity index (χ1n) is 11.8. The third kappa shape index (κ3) is 5.15. The van der Waals surface area contributed by atoms with E-state index >= 15 is 0 Å². The van der Waals surface area contributed by atoms with Gasteiger partial charge in [0.15, 0.2) is 0 Å². The summed E-state index contributed by atoms with van der Waals surface area (Å²) in [5.74, 6) is -0.137. The number of rotatable bonds is 7. The Morgan fingerprint density at radius 2 is 1.64 bits per heavy atom. The molecule has 0 saturated carbocycles. The molecular formula is C28H26Cl3N3O2. The Labute approximate surface area is 225 Å². The van der Waals surface area contributed by atoms with Crippen molar-refractivity contribution in [1.82, 2.24) is 9.55 Å². The molecular weight excluding hydrogens is 517 g/mol. The van der Waals surface area contributed by atoms with Crippen molar-refractivity contribution in [3.8, 4) is 22.4 Å². The maximum atomic E-state index is 13.4. The molecule has 1 N–H and O–H groups in total. The molecule has 36 heavy (non-hydrogen) atoms. The smallest absolute Gasteiger partial charge is 0.257 e. The lowest BCUT2D eigenvalue weighted by Gasteiger charge is -2.19. The summed E-state index contributed by atoms with van der Waals surface area (Å²) < 4.78 is 1.54. The van der Waals surface area contributed by atoms with Crippen LogP contribution in [-0.2, 0) is 18.3 Å². The summed E-state index contributed by atoms with van der Waals surface area (Å²) >= 11 is 18.9. The normalized spacial score (nSPS) is 11.2. The first-order valence-corrected chi connectivity index (χ1v) is 13.0. The van der Waals surface area contributed by atoms with E-state index in [2.05, 4.69) is 5.32 Å². The Bertz CT molecular complexity index is 1510. The second-order valence-electron chi connectivity index (χ2n) is 8.65. The van der Waals surface area contributed by atoms with E-state index in [1.165, 1.54) is 4.57 Å². The van der Waals surface area contributed by atoms with Gasteiger partial charge < -0.3 is 5.32 Å². The van der Waals surface area contributed by atoms with Crippen molar-refractivity contribution < 1.29 is 4.79 Å². The number of amides is 1. The molecule has 2 heterocycles. The lowest BCUT2D eigenvalue weighted by molar-refractivity contribution is -0.116. The summed E-state index contributed by atoms with van der Waals surface area (Å²) in [6.45, 7) is 3.95. The monoisotopic (exact) mass is 541 g/mol. The van der Waals surface area contributed by atoms with Crippen LogP contribution in [0.3, 0.4) is 0 Å². The minimum absolute atomic E-state index is 0.137. The number of hydrogen-bond acceptors (Lipinski definition) is 3. The highest BCUT2D eigenvalue weighted by Crippen LogP contribution is 2.39. The number of nitrogens with zero attached hydrogens (tertiary/aromatic N) is 2. The first kappa shape index (κ1) is 26.2. The predicted molar refractivity (Wildman–Crippen MR) is 150 cm³/mol.